The van der Waals surface area contributed by atoms with Gasteiger partial charge in [-0.15, -0.1) is 0 Å². The summed E-state index contributed by atoms with van der Waals surface area (Å²) in [5.74, 6) is -0.474. The van der Waals surface area contributed by atoms with E-state index in [4.69, 9.17) is 11.0 Å². The predicted octanol–water partition coefficient (Wildman–Crippen LogP) is 1.11. The Bertz CT molecular complexity index is 381. The summed E-state index contributed by atoms with van der Waals surface area (Å²) < 4.78 is 0. The lowest BCUT2D eigenvalue weighted by Crippen LogP contribution is -2.14. The Morgan fingerprint density at radius 2 is 2.36 bits per heavy atom. The van der Waals surface area contributed by atoms with Crippen molar-refractivity contribution in [3.63, 3.8) is 0 Å². The zero-order chi connectivity index (χ0) is 10.6. The predicted molar refractivity (Wildman–Crippen MR) is 53.7 cm³/mol. The van der Waals surface area contributed by atoms with Crippen LogP contribution < -0.4 is 11.1 Å². The van der Waals surface area contributed by atoms with Crippen LogP contribution >= 0.6 is 0 Å². The van der Waals surface area contributed by atoms with E-state index in [0.29, 0.717) is 5.56 Å². The van der Waals surface area contributed by atoms with Gasteiger partial charge in [0.15, 0.2) is 0 Å². The molecule has 3 N–H and O–H groups in total. The first-order valence-corrected chi connectivity index (χ1v) is 4.19. The highest BCUT2D eigenvalue weighted by atomic mass is 16.1. The average Bonchev–Trinajstić information content (AvgIpc) is 2.18. The molecule has 0 bridgehead atoms. The van der Waals surface area contributed by atoms with Crippen LogP contribution in [0.4, 0.5) is 5.69 Å². The number of amides is 1. The number of carbonyl (C=O) groups is 1. The molecule has 1 rings (SSSR count). The van der Waals surface area contributed by atoms with Gasteiger partial charge in [-0.25, -0.2) is 0 Å². The topological polar surface area (TPSA) is 78.9 Å². The molecule has 0 spiro atoms. The summed E-state index contributed by atoms with van der Waals surface area (Å²) in [6.45, 7) is 1.73. The van der Waals surface area contributed by atoms with Gasteiger partial charge in [-0.05, 0) is 25.1 Å². The standard InChI is InChI=1S/C10H11N3O/c1-7(6-11)13-9-4-2-3-8(5-9)10(12)14/h2-5,7,13H,1H3,(H2,12,14). The van der Waals surface area contributed by atoms with E-state index >= 15 is 0 Å². The number of nitriles is 1. The Morgan fingerprint density at radius 3 is 2.93 bits per heavy atom. The average molecular weight is 189 g/mol. The molecule has 4 heteroatoms. The first-order chi connectivity index (χ1) is 6.63. The van der Waals surface area contributed by atoms with Gasteiger partial charge in [0.25, 0.3) is 0 Å². The molecule has 1 aromatic rings. The van der Waals surface area contributed by atoms with Crippen molar-refractivity contribution >= 4 is 11.6 Å². The van der Waals surface area contributed by atoms with Crippen molar-refractivity contribution < 1.29 is 4.79 Å². The van der Waals surface area contributed by atoms with Crippen LogP contribution in [0.15, 0.2) is 24.3 Å². The molecule has 72 valence electrons. The molecule has 4 nitrogen and oxygen atoms in total. The van der Waals surface area contributed by atoms with E-state index in [0.717, 1.165) is 5.69 Å². The second kappa shape index (κ2) is 4.28. The van der Waals surface area contributed by atoms with Crippen LogP contribution in [0.2, 0.25) is 0 Å². The van der Waals surface area contributed by atoms with Crippen molar-refractivity contribution in [1.82, 2.24) is 0 Å². The number of benzene rings is 1. The highest BCUT2D eigenvalue weighted by Crippen LogP contribution is 2.10. The highest BCUT2D eigenvalue weighted by molar-refractivity contribution is 5.93. The van der Waals surface area contributed by atoms with Crippen molar-refractivity contribution in [3.05, 3.63) is 29.8 Å². The van der Waals surface area contributed by atoms with Crippen LogP contribution in [0.3, 0.4) is 0 Å². The van der Waals surface area contributed by atoms with E-state index in [1.165, 1.54) is 0 Å². The summed E-state index contributed by atoms with van der Waals surface area (Å²) in [7, 11) is 0. The van der Waals surface area contributed by atoms with E-state index in [9.17, 15) is 4.79 Å². The third-order valence-corrected chi connectivity index (χ3v) is 1.72. The Balaban J connectivity index is 2.85. The molecule has 14 heavy (non-hydrogen) atoms. The van der Waals surface area contributed by atoms with Crippen LogP contribution in [0, 0.1) is 11.3 Å². The number of nitrogens with zero attached hydrogens (tertiary/aromatic N) is 1. The first-order valence-electron chi connectivity index (χ1n) is 4.19. The molecule has 0 aliphatic carbocycles. The van der Waals surface area contributed by atoms with Crippen LogP contribution in [0.25, 0.3) is 0 Å². The second-order valence-electron chi connectivity index (χ2n) is 2.94. The summed E-state index contributed by atoms with van der Waals surface area (Å²) >= 11 is 0. The maximum absolute atomic E-state index is 10.8. The van der Waals surface area contributed by atoms with Crippen LogP contribution in [-0.4, -0.2) is 11.9 Å². The molecule has 0 fully saturated rings. The highest BCUT2D eigenvalue weighted by Gasteiger charge is 2.03. The summed E-state index contributed by atoms with van der Waals surface area (Å²) in [5, 5.41) is 11.5. The Labute approximate surface area is 82.3 Å². The fourth-order valence-corrected chi connectivity index (χ4v) is 1.04. The van der Waals surface area contributed by atoms with E-state index in [1.807, 2.05) is 6.07 Å². The minimum absolute atomic E-state index is 0.293. The Morgan fingerprint density at radius 1 is 1.64 bits per heavy atom. The normalized spacial score (nSPS) is 11.4. The van der Waals surface area contributed by atoms with Crippen molar-refractivity contribution in [1.29, 1.82) is 5.26 Å². The van der Waals surface area contributed by atoms with Crippen LogP contribution in [0.5, 0.6) is 0 Å². The number of carbonyl (C=O) groups excluding carboxylic acids is 1. The van der Waals surface area contributed by atoms with Crippen molar-refractivity contribution in [2.45, 2.75) is 13.0 Å². The minimum atomic E-state index is -0.474. The van der Waals surface area contributed by atoms with E-state index in [1.54, 1.807) is 31.2 Å². The van der Waals surface area contributed by atoms with Gasteiger partial charge in [0.05, 0.1) is 6.07 Å². The molecular formula is C10H11N3O. The molecule has 1 unspecified atom stereocenters. The summed E-state index contributed by atoms with van der Waals surface area (Å²) in [4.78, 5) is 10.8. The largest absolute Gasteiger partial charge is 0.370 e. The maximum atomic E-state index is 10.8. The lowest BCUT2D eigenvalue weighted by atomic mass is 10.2. The molecule has 0 aromatic heterocycles. The van der Waals surface area contributed by atoms with Crippen LogP contribution in [-0.2, 0) is 0 Å². The fraction of sp³-hybridized carbons (Fsp3) is 0.200. The van der Waals surface area contributed by atoms with E-state index < -0.39 is 5.91 Å². The first kappa shape index (κ1) is 10.1. The van der Waals surface area contributed by atoms with Gasteiger partial charge in [0.2, 0.25) is 5.91 Å². The molecule has 1 atom stereocenters. The van der Waals surface area contributed by atoms with Gasteiger partial charge in [-0.3, -0.25) is 4.79 Å². The smallest absolute Gasteiger partial charge is 0.248 e. The quantitative estimate of drug-likeness (QED) is 0.747. The van der Waals surface area contributed by atoms with Gasteiger partial charge in [-0.1, -0.05) is 6.07 Å². The van der Waals surface area contributed by atoms with Gasteiger partial charge < -0.3 is 11.1 Å². The molecule has 0 aliphatic rings. The second-order valence-corrected chi connectivity index (χ2v) is 2.94. The summed E-state index contributed by atoms with van der Waals surface area (Å²) in [6.07, 6.45) is 0. The Hall–Kier alpha value is -2.02. The number of hydrogen-bond acceptors (Lipinski definition) is 3. The number of hydrogen-bond donors (Lipinski definition) is 2. The molecule has 0 radical (unpaired) electrons. The van der Waals surface area contributed by atoms with E-state index in [-0.39, 0.29) is 6.04 Å². The summed E-state index contributed by atoms with van der Waals surface area (Å²) in [5.41, 5.74) is 6.26. The van der Waals surface area contributed by atoms with Crippen molar-refractivity contribution in [2.24, 2.45) is 5.73 Å². The molecular weight excluding hydrogens is 178 g/mol. The molecule has 1 amide bonds. The Kier molecular flexibility index (Phi) is 3.08. The van der Waals surface area contributed by atoms with E-state index in [2.05, 4.69) is 5.32 Å². The zero-order valence-electron chi connectivity index (χ0n) is 7.82. The number of rotatable bonds is 3. The zero-order valence-corrected chi connectivity index (χ0v) is 7.82. The van der Waals surface area contributed by atoms with Gasteiger partial charge in [-0.2, -0.15) is 5.26 Å². The monoisotopic (exact) mass is 189 g/mol. The summed E-state index contributed by atoms with van der Waals surface area (Å²) in [6, 6.07) is 8.48. The minimum Gasteiger partial charge on any atom is -0.370 e. The maximum Gasteiger partial charge on any atom is 0.248 e. The SMILES string of the molecule is CC(C#N)Nc1cccc(C(N)=O)c1. The molecule has 0 heterocycles. The lowest BCUT2D eigenvalue weighted by molar-refractivity contribution is 0.100. The number of nitrogens with one attached hydrogen (secondary N) is 1. The third kappa shape index (κ3) is 2.49. The molecule has 0 aliphatic heterocycles. The van der Waals surface area contributed by atoms with Crippen molar-refractivity contribution in [3.8, 4) is 6.07 Å². The number of anilines is 1. The van der Waals surface area contributed by atoms with Crippen molar-refractivity contribution in [2.75, 3.05) is 5.32 Å². The lowest BCUT2D eigenvalue weighted by Gasteiger charge is -2.08. The van der Waals surface area contributed by atoms with Gasteiger partial charge in [0, 0.05) is 11.3 Å². The van der Waals surface area contributed by atoms with Gasteiger partial charge >= 0.3 is 0 Å². The number of primary amides is 1. The molecule has 1 aromatic carbocycles. The molecule has 0 saturated carbocycles. The third-order valence-electron chi connectivity index (χ3n) is 1.72. The van der Waals surface area contributed by atoms with Gasteiger partial charge in [0.1, 0.15) is 6.04 Å². The molecule has 0 saturated heterocycles. The van der Waals surface area contributed by atoms with Crippen LogP contribution in [0.1, 0.15) is 17.3 Å². The fourth-order valence-electron chi connectivity index (χ4n) is 1.04. The number of nitrogens with two attached hydrogens (primary N) is 1.